The van der Waals surface area contributed by atoms with E-state index in [0.29, 0.717) is 11.7 Å². The van der Waals surface area contributed by atoms with E-state index < -0.39 is 0 Å². The van der Waals surface area contributed by atoms with Crippen LogP contribution in [0.1, 0.15) is 16.5 Å². The van der Waals surface area contributed by atoms with Gasteiger partial charge in [0.1, 0.15) is 10.6 Å². The zero-order chi connectivity index (χ0) is 15.5. The van der Waals surface area contributed by atoms with Crippen LogP contribution >= 0.6 is 11.3 Å². The van der Waals surface area contributed by atoms with E-state index in [1.54, 1.807) is 18.2 Å². The molecule has 0 saturated heterocycles. The third kappa shape index (κ3) is 3.12. The Kier molecular flexibility index (Phi) is 3.84. The van der Waals surface area contributed by atoms with Crippen molar-refractivity contribution in [1.29, 1.82) is 0 Å². The second-order valence-electron chi connectivity index (χ2n) is 4.40. The number of hydrogen-bond donors (Lipinski definition) is 1. The Balaban J connectivity index is 1.69. The first kappa shape index (κ1) is 14.2. The summed E-state index contributed by atoms with van der Waals surface area (Å²) in [7, 11) is 0. The monoisotopic (exact) mass is 316 g/mol. The van der Waals surface area contributed by atoms with Gasteiger partial charge in [-0.3, -0.25) is 10.1 Å². The summed E-state index contributed by atoms with van der Waals surface area (Å²) in [5, 5.41) is 11.1. The number of nitrogens with zero attached hydrogens (tertiary/aromatic N) is 3. The van der Waals surface area contributed by atoms with Gasteiger partial charge in [-0.05, 0) is 32.1 Å². The molecular formula is C14H12N4O3S. The molecule has 3 aromatic heterocycles. The molecule has 0 spiro atoms. The molecule has 0 aliphatic heterocycles. The molecular weight excluding hydrogens is 304 g/mol. The molecule has 0 aliphatic rings. The van der Waals surface area contributed by atoms with Crippen molar-refractivity contribution in [3.05, 3.63) is 40.9 Å². The lowest BCUT2D eigenvalue weighted by Crippen LogP contribution is -2.07. The van der Waals surface area contributed by atoms with Crippen molar-refractivity contribution in [2.75, 3.05) is 5.32 Å². The summed E-state index contributed by atoms with van der Waals surface area (Å²) in [6.45, 7) is 3.77. The number of thiazole rings is 1. The molecule has 3 heterocycles. The van der Waals surface area contributed by atoms with Gasteiger partial charge in [0.15, 0.2) is 0 Å². The molecule has 0 fully saturated rings. The fraction of sp³-hybridized carbons (Fsp3) is 0.143. The first-order valence-electron chi connectivity index (χ1n) is 6.42. The van der Waals surface area contributed by atoms with E-state index in [9.17, 15) is 4.79 Å². The van der Waals surface area contributed by atoms with Crippen LogP contribution in [-0.2, 0) is 4.79 Å². The highest BCUT2D eigenvalue weighted by atomic mass is 32.1. The first-order chi connectivity index (χ1) is 10.6. The number of furan rings is 1. The molecule has 0 aliphatic carbocycles. The number of anilines is 1. The number of aryl methyl sites for hydroxylation is 2. The molecule has 0 unspecified atom stereocenters. The van der Waals surface area contributed by atoms with Crippen molar-refractivity contribution in [2.24, 2.45) is 0 Å². The summed E-state index contributed by atoms with van der Waals surface area (Å²) in [4.78, 5) is 16.8. The molecule has 1 N–H and O–H groups in total. The molecule has 0 atom stereocenters. The first-order valence-corrected chi connectivity index (χ1v) is 7.24. The number of rotatable bonds is 4. The van der Waals surface area contributed by atoms with Crippen molar-refractivity contribution >= 4 is 29.3 Å². The number of carbonyl (C=O) groups is 1. The van der Waals surface area contributed by atoms with Gasteiger partial charge in [-0.1, -0.05) is 5.10 Å². The van der Waals surface area contributed by atoms with Crippen LogP contribution < -0.4 is 5.32 Å². The van der Waals surface area contributed by atoms with E-state index >= 15 is 0 Å². The fourth-order valence-electron chi connectivity index (χ4n) is 1.79. The average molecular weight is 316 g/mol. The van der Waals surface area contributed by atoms with E-state index in [2.05, 4.69) is 20.5 Å². The highest BCUT2D eigenvalue weighted by molar-refractivity contribution is 7.15. The van der Waals surface area contributed by atoms with Gasteiger partial charge in [0, 0.05) is 6.08 Å². The maximum Gasteiger partial charge on any atom is 0.322 e. The molecule has 7 nitrogen and oxygen atoms in total. The zero-order valence-electron chi connectivity index (χ0n) is 11.9. The smallest absolute Gasteiger partial charge is 0.322 e. The number of aromatic nitrogens is 3. The topological polar surface area (TPSA) is 94.1 Å². The fourth-order valence-corrected chi connectivity index (χ4v) is 2.63. The quantitative estimate of drug-likeness (QED) is 0.743. The van der Waals surface area contributed by atoms with Gasteiger partial charge in [0.2, 0.25) is 0 Å². The molecule has 112 valence electrons. The summed E-state index contributed by atoms with van der Waals surface area (Å²) < 4.78 is 10.5. The van der Waals surface area contributed by atoms with Crippen molar-refractivity contribution in [3.8, 4) is 10.8 Å². The van der Waals surface area contributed by atoms with Gasteiger partial charge in [-0.15, -0.1) is 16.4 Å². The molecule has 0 aromatic carbocycles. The minimum atomic E-state index is -0.385. The van der Waals surface area contributed by atoms with Crippen LogP contribution in [0.5, 0.6) is 0 Å². The average Bonchev–Trinajstić information content (AvgIpc) is 3.18. The number of nitrogens with one attached hydrogen (secondary N) is 1. The van der Waals surface area contributed by atoms with Crippen molar-refractivity contribution in [3.63, 3.8) is 0 Å². The molecule has 22 heavy (non-hydrogen) atoms. The maximum atomic E-state index is 11.7. The largest absolute Gasteiger partial charge is 0.465 e. The third-order valence-electron chi connectivity index (χ3n) is 2.70. The van der Waals surface area contributed by atoms with Crippen LogP contribution in [0.3, 0.4) is 0 Å². The number of hydrogen-bond acceptors (Lipinski definition) is 7. The Bertz CT molecular complexity index is 817. The zero-order valence-corrected chi connectivity index (χ0v) is 12.7. The van der Waals surface area contributed by atoms with Gasteiger partial charge in [0.05, 0.1) is 17.0 Å². The Hall–Kier alpha value is -2.74. The summed E-state index contributed by atoms with van der Waals surface area (Å²) in [5.41, 5.74) is 0.821. The minimum Gasteiger partial charge on any atom is -0.465 e. The van der Waals surface area contributed by atoms with Crippen LogP contribution in [0.15, 0.2) is 33.3 Å². The van der Waals surface area contributed by atoms with Gasteiger partial charge in [-0.25, -0.2) is 4.98 Å². The lowest BCUT2D eigenvalue weighted by Gasteiger charge is -1.93. The van der Waals surface area contributed by atoms with E-state index in [1.807, 2.05) is 13.8 Å². The molecule has 0 bridgehead atoms. The Labute approximate surface area is 129 Å². The van der Waals surface area contributed by atoms with E-state index in [0.717, 1.165) is 15.6 Å². The molecule has 8 heteroatoms. The van der Waals surface area contributed by atoms with Crippen LogP contribution in [0.4, 0.5) is 6.01 Å². The summed E-state index contributed by atoms with van der Waals surface area (Å²) >= 11 is 1.46. The number of carbonyl (C=O) groups excluding carboxylic acids is 1. The predicted molar refractivity (Wildman–Crippen MR) is 81.3 cm³/mol. The molecule has 0 saturated carbocycles. The van der Waals surface area contributed by atoms with Crippen molar-refractivity contribution in [2.45, 2.75) is 13.8 Å². The van der Waals surface area contributed by atoms with Crippen LogP contribution in [0.2, 0.25) is 0 Å². The Morgan fingerprint density at radius 2 is 2.23 bits per heavy atom. The number of amides is 1. The van der Waals surface area contributed by atoms with Crippen LogP contribution in [-0.4, -0.2) is 21.1 Å². The SMILES string of the molecule is Cc1nc(C)c(-c2nnc(NC(=O)C=Cc3ccco3)o2)s1. The predicted octanol–water partition coefficient (Wildman–Crippen LogP) is 3.05. The van der Waals surface area contributed by atoms with E-state index in [4.69, 9.17) is 8.83 Å². The summed E-state index contributed by atoms with van der Waals surface area (Å²) in [5.74, 6) is 0.536. The second-order valence-corrected chi connectivity index (χ2v) is 5.60. The second kappa shape index (κ2) is 5.94. The lowest BCUT2D eigenvalue weighted by molar-refractivity contribution is -0.112. The normalized spacial score (nSPS) is 11.2. The van der Waals surface area contributed by atoms with Gasteiger partial charge >= 0.3 is 6.01 Å². The van der Waals surface area contributed by atoms with Crippen LogP contribution in [0.25, 0.3) is 16.8 Å². The highest BCUT2D eigenvalue weighted by Gasteiger charge is 2.15. The standard InChI is InChI=1S/C14H12N4O3S/c1-8-12(22-9(2)15-8)13-17-18-14(21-13)16-11(19)6-5-10-4-3-7-20-10/h3-7H,1-2H3,(H,16,18,19). The van der Waals surface area contributed by atoms with E-state index in [1.165, 1.54) is 23.7 Å². The molecule has 3 rings (SSSR count). The van der Waals surface area contributed by atoms with Crippen molar-refractivity contribution < 1.29 is 13.6 Å². The van der Waals surface area contributed by atoms with E-state index in [-0.39, 0.29) is 11.9 Å². The molecule has 3 aromatic rings. The molecule has 1 amide bonds. The van der Waals surface area contributed by atoms with Gasteiger partial charge in [-0.2, -0.15) is 0 Å². The van der Waals surface area contributed by atoms with Crippen molar-refractivity contribution in [1.82, 2.24) is 15.2 Å². The maximum absolute atomic E-state index is 11.7. The molecule has 0 radical (unpaired) electrons. The van der Waals surface area contributed by atoms with Gasteiger partial charge in [0.25, 0.3) is 11.8 Å². The minimum absolute atomic E-state index is 0.0366. The Morgan fingerprint density at radius 1 is 1.36 bits per heavy atom. The third-order valence-corrected chi connectivity index (χ3v) is 3.76. The van der Waals surface area contributed by atoms with Gasteiger partial charge < -0.3 is 8.83 Å². The Morgan fingerprint density at radius 3 is 2.91 bits per heavy atom. The highest BCUT2D eigenvalue weighted by Crippen LogP contribution is 2.29. The lowest BCUT2D eigenvalue weighted by atomic mass is 10.4. The summed E-state index contributed by atoms with van der Waals surface area (Å²) in [6, 6.07) is 3.51. The summed E-state index contributed by atoms with van der Waals surface area (Å²) in [6.07, 6.45) is 4.40. The van der Waals surface area contributed by atoms with Crippen LogP contribution in [0, 0.1) is 13.8 Å².